The maximum Gasteiger partial charge on any atom is 0.224 e. The van der Waals surface area contributed by atoms with Gasteiger partial charge in [-0.2, -0.15) is 0 Å². The number of nitrogens with zero attached hydrogens (tertiary/aromatic N) is 2. The quantitative estimate of drug-likeness (QED) is 0.729. The van der Waals surface area contributed by atoms with Gasteiger partial charge in [-0.3, -0.25) is 9.78 Å². The topological polar surface area (TPSA) is 45.2 Å². The summed E-state index contributed by atoms with van der Waals surface area (Å²) in [5.41, 5.74) is 0.947. The number of rotatable bonds is 1. The van der Waals surface area contributed by atoms with Crippen molar-refractivity contribution in [2.24, 2.45) is 0 Å². The summed E-state index contributed by atoms with van der Waals surface area (Å²) in [6, 6.07) is 5.85. The molecule has 0 saturated carbocycles. The molecule has 15 heavy (non-hydrogen) atoms. The molecular weight excluding hydrogens is 190 g/mol. The zero-order valence-electron chi connectivity index (χ0n) is 8.81. The van der Waals surface area contributed by atoms with Crippen molar-refractivity contribution in [3.05, 3.63) is 30.1 Å². The summed E-state index contributed by atoms with van der Waals surface area (Å²) in [4.78, 5) is 17.7. The fourth-order valence-electron chi connectivity index (χ4n) is 1.80. The molecule has 1 fully saturated rings. The van der Waals surface area contributed by atoms with Gasteiger partial charge in [0.1, 0.15) is 0 Å². The van der Waals surface area contributed by atoms with Crippen LogP contribution in [-0.2, 0) is 4.79 Å². The molecule has 1 unspecified atom stereocenters. The van der Waals surface area contributed by atoms with E-state index in [0.717, 1.165) is 18.8 Å². The standard InChI is InChI=1S/C11H15N3O/c1-14-10(8-12-7-5-11(14)15)9-4-2-3-6-13-9/h2-4,6,10,12H,5,7-8H2,1H3. The Kier molecular flexibility index (Phi) is 2.97. The van der Waals surface area contributed by atoms with E-state index in [2.05, 4.69) is 10.3 Å². The van der Waals surface area contributed by atoms with Crippen molar-refractivity contribution in [1.29, 1.82) is 0 Å². The smallest absolute Gasteiger partial charge is 0.224 e. The van der Waals surface area contributed by atoms with Gasteiger partial charge in [-0.25, -0.2) is 0 Å². The molecule has 1 atom stereocenters. The summed E-state index contributed by atoms with van der Waals surface area (Å²) in [6.45, 7) is 1.53. The predicted molar refractivity (Wildman–Crippen MR) is 57.2 cm³/mol. The van der Waals surface area contributed by atoms with Crippen LogP contribution in [0.25, 0.3) is 0 Å². The Bertz CT molecular complexity index is 339. The molecule has 1 N–H and O–H groups in total. The molecule has 1 amide bonds. The summed E-state index contributed by atoms with van der Waals surface area (Å²) < 4.78 is 0. The predicted octanol–water partition coefficient (Wildman–Crippen LogP) is 0.574. The first-order chi connectivity index (χ1) is 7.29. The van der Waals surface area contributed by atoms with Crippen LogP contribution in [0.4, 0.5) is 0 Å². The molecular formula is C11H15N3O. The van der Waals surface area contributed by atoms with Crippen molar-refractivity contribution in [2.45, 2.75) is 12.5 Å². The minimum atomic E-state index is 0.0567. The lowest BCUT2D eigenvalue weighted by molar-refractivity contribution is -0.131. The molecule has 0 aliphatic carbocycles. The van der Waals surface area contributed by atoms with Gasteiger partial charge >= 0.3 is 0 Å². The molecule has 2 heterocycles. The van der Waals surface area contributed by atoms with Gasteiger partial charge in [-0.15, -0.1) is 0 Å². The molecule has 0 spiro atoms. The van der Waals surface area contributed by atoms with Crippen LogP contribution in [0.2, 0.25) is 0 Å². The van der Waals surface area contributed by atoms with Crippen molar-refractivity contribution in [3.8, 4) is 0 Å². The van der Waals surface area contributed by atoms with Crippen LogP contribution in [0.1, 0.15) is 18.2 Å². The molecule has 0 aromatic carbocycles. The van der Waals surface area contributed by atoms with Crippen molar-refractivity contribution in [1.82, 2.24) is 15.2 Å². The van der Waals surface area contributed by atoms with Gasteiger partial charge in [0.15, 0.2) is 0 Å². The number of aromatic nitrogens is 1. The van der Waals surface area contributed by atoms with E-state index >= 15 is 0 Å². The second-order valence-electron chi connectivity index (χ2n) is 3.73. The van der Waals surface area contributed by atoms with Crippen LogP contribution in [0.3, 0.4) is 0 Å². The van der Waals surface area contributed by atoms with E-state index in [0.29, 0.717) is 6.42 Å². The lowest BCUT2D eigenvalue weighted by atomic mass is 10.1. The van der Waals surface area contributed by atoms with E-state index in [1.165, 1.54) is 0 Å². The summed E-state index contributed by atoms with van der Waals surface area (Å²) in [5.74, 6) is 0.177. The van der Waals surface area contributed by atoms with Crippen molar-refractivity contribution >= 4 is 5.91 Å². The van der Waals surface area contributed by atoms with E-state index < -0.39 is 0 Å². The number of carbonyl (C=O) groups excluding carboxylic acids is 1. The highest BCUT2D eigenvalue weighted by molar-refractivity contribution is 5.76. The molecule has 1 aliphatic rings. The highest BCUT2D eigenvalue weighted by Gasteiger charge is 2.24. The van der Waals surface area contributed by atoms with Crippen LogP contribution < -0.4 is 5.32 Å². The monoisotopic (exact) mass is 205 g/mol. The number of hydrogen-bond acceptors (Lipinski definition) is 3. The number of hydrogen-bond donors (Lipinski definition) is 1. The minimum absolute atomic E-state index is 0.0567. The van der Waals surface area contributed by atoms with Gasteiger partial charge in [-0.1, -0.05) is 6.07 Å². The highest BCUT2D eigenvalue weighted by atomic mass is 16.2. The molecule has 1 aromatic heterocycles. The molecule has 2 rings (SSSR count). The van der Waals surface area contributed by atoms with Crippen LogP contribution in [0.5, 0.6) is 0 Å². The number of likely N-dealkylation sites (N-methyl/N-ethyl adjacent to an activating group) is 1. The Morgan fingerprint density at radius 3 is 3.13 bits per heavy atom. The van der Waals surface area contributed by atoms with E-state index in [4.69, 9.17) is 0 Å². The van der Waals surface area contributed by atoms with Gasteiger partial charge in [0.05, 0.1) is 11.7 Å². The lowest BCUT2D eigenvalue weighted by Crippen LogP contribution is -2.33. The lowest BCUT2D eigenvalue weighted by Gasteiger charge is -2.25. The van der Waals surface area contributed by atoms with Gasteiger partial charge in [0, 0.05) is 32.8 Å². The molecule has 4 nitrogen and oxygen atoms in total. The third-order valence-electron chi connectivity index (χ3n) is 2.74. The second kappa shape index (κ2) is 4.40. The summed E-state index contributed by atoms with van der Waals surface area (Å²) >= 11 is 0. The Hall–Kier alpha value is -1.42. The fraction of sp³-hybridized carbons (Fsp3) is 0.455. The first-order valence-electron chi connectivity index (χ1n) is 5.16. The average Bonchev–Trinajstić information content (AvgIpc) is 2.44. The third-order valence-corrected chi connectivity index (χ3v) is 2.74. The van der Waals surface area contributed by atoms with Crippen LogP contribution in [0, 0.1) is 0 Å². The van der Waals surface area contributed by atoms with Crippen molar-refractivity contribution in [3.63, 3.8) is 0 Å². The first kappa shape index (κ1) is 10.1. The maximum atomic E-state index is 11.7. The van der Waals surface area contributed by atoms with E-state index in [1.54, 1.807) is 11.1 Å². The van der Waals surface area contributed by atoms with Gasteiger partial charge in [0.2, 0.25) is 5.91 Å². The number of amides is 1. The largest absolute Gasteiger partial charge is 0.336 e. The maximum absolute atomic E-state index is 11.7. The van der Waals surface area contributed by atoms with Crippen molar-refractivity contribution in [2.75, 3.05) is 20.1 Å². The van der Waals surface area contributed by atoms with Crippen molar-refractivity contribution < 1.29 is 4.79 Å². The molecule has 4 heteroatoms. The summed E-state index contributed by atoms with van der Waals surface area (Å²) in [6.07, 6.45) is 2.33. The van der Waals surface area contributed by atoms with Crippen LogP contribution in [0.15, 0.2) is 24.4 Å². The summed E-state index contributed by atoms with van der Waals surface area (Å²) in [7, 11) is 1.84. The fourth-order valence-corrected chi connectivity index (χ4v) is 1.80. The zero-order chi connectivity index (χ0) is 10.7. The Morgan fingerprint density at radius 2 is 2.40 bits per heavy atom. The third kappa shape index (κ3) is 2.15. The van der Waals surface area contributed by atoms with E-state index in [9.17, 15) is 4.79 Å². The zero-order valence-corrected chi connectivity index (χ0v) is 8.81. The second-order valence-corrected chi connectivity index (χ2v) is 3.73. The molecule has 0 bridgehead atoms. The molecule has 80 valence electrons. The number of pyridine rings is 1. The normalized spacial score (nSPS) is 22.6. The van der Waals surface area contributed by atoms with Gasteiger partial charge < -0.3 is 10.2 Å². The number of carbonyl (C=O) groups is 1. The van der Waals surface area contributed by atoms with E-state index in [1.807, 2.05) is 25.2 Å². The minimum Gasteiger partial charge on any atom is -0.336 e. The molecule has 1 aromatic rings. The first-order valence-corrected chi connectivity index (χ1v) is 5.16. The Labute approximate surface area is 89.3 Å². The average molecular weight is 205 g/mol. The Balaban J connectivity index is 2.23. The summed E-state index contributed by atoms with van der Waals surface area (Å²) in [5, 5.41) is 3.25. The molecule has 0 radical (unpaired) electrons. The van der Waals surface area contributed by atoms with Crippen LogP contribution in [-0.4, -0.2) is 35.9 Å². The van der Waals surface area contributed by atoms with Gasteiger partial charge in [0.25, 0.3) is 0 Å². The SMILES string of the molecule is CN1C(=O)CCNCC1c1ccccn1. The molecule has 1 aliphatic heterocycles. The van der Waals surface area contributed by atoms with E-state index in [-0.39, 0.29) is 11.9 Å². The molecule has 1 saturated heterocycles. The van der Waals surface area contributed by atoms with Gasteiger partial charge in [-0.05, 0) is 12.1 Å². The Morgan fingerprint density at radius 1 is 1.53 bits per heavy atom. The van der Waals surface area contributed by atoms with Crippen LogP contribution >= 0.6 is 0 Å². The highest BCUT2D eigenvalue weighted by Crippen LogP contribution is 2.18. The number of nitrogens with one attached hydrogen (secondary N) is 1.